The van der Waals surface area contributed by atoms with Crippen LogP contribution in [0, 0.1) is 6.92 Å². The van der Waals surface area contributed by atoms with E-state index in [2.05, 4.69) is 55.5 Å². The molecule has 0 amide bonds. The van der Waals surface area contributed by atoms with Crippen molar-refractivity contribution in [3.8, 4) is 0 Å². The van der Waals surface area contributed by atoms with Crippen LogP contribution in [0.15, 0.2) is 41.1 Å². The molecule has 1 fully saturated rings. The molecule has 0 saturated carbocycles. The third-order valence-corrected chi connectivity index (χ3v) is 4.79. The lowest BCUT2D eigenvalue weighted by Crippen LogP contribution is -2.40. The van der Waals surface area contributed by atoms with Gasteiger partial charge in [0.05, 0.1) is 0 Å². The number of benzene rings is 1. The molecule has 1 saturated heterocycles. The van der Waals surface area contributed by atoms with Crippen LogP contribution < -0.4 is 5.32 Å². The monoisotopic (exact) mass is 361 g/mol. The minimum atomic E-state index is 0.0842. The number of nitrogens with one attached hydrogen (secondary N) is 1. The second-order valence-electron chi connectivity index (χ2n) is 5.80. The summed E-state index contributed by atoms with van der Waals surface area (Å²) in [6.07, 6.45) is 3.63. The molecule has 1 aliphatic rings. The van der Waals surface area contributed by atoms with Gasteiger partial charge < -0.3 is 10.1 Å². The fraction of sp³-hybridized carbons (Fsp3) is 0.412. The van der Waals surface area contributed by atoms with Crippen LogP contribution in [0.4, 0.5) is 5.82 Å². The van der Waals surface area contributed by atoms with Gasteiger partial charge in [0.1, 0.15) is 12.1 Å². The summed E-state index contributed by atoms with van der Waals surface area (Å²) >= 11 is 3.59. The van der Waals surface area contributed by atoms with E-state index < -0.39 is 0 Å². The second-order valence-corrected chi connectivity index (χ2v) is 6.72. The van der Waals surface area contributed by atoms with Crippen LogP contribution in [0.1, 0.15) is 24.1 Å². The Balaban J connectivity index is 1.83. The van der Waals surface area contributed by atoms with E-state index in [0.717, 1.165) is 48.6 Å². The first-order chi connectivity index (χ1) is 10.7. The Labute approximate surface area is 139 Å². The maximum absolute atomic E-state index is 5.58. The Kier molecular flexibility index (Phi) is 4.74. The number of rotatable bonds is 4. The van der Waals surface area contributed by atoms with Crippen LogP contribution in [0.2, 0.25) is 0 Å². The van der Waals surface area contributed by atoms with Crippen LogP contribution in [0.5, 0.6) is 0 Å². The first-order valence-electron chi connectivity index (χ1n) is 7.54. The molecule has 0 atom stereocenters. The van der Waals surface area contributed by atoms with E-state index in [-0.39, 0.29) is 5.41 Å². The van der Waals surface area contributed by atoms with Crippen LogP contribution in [0.3, 0.4) is 0 Å². The molecule has 1 aromatic heterocycles. The molecule has 4 nitrogen and oxygen atoms in total. The third kappa shape index (κ3) is 3.47. The number of hydrogen-bond acceptors (Lipinski definition) is 4. The number of nitrogens with zero attached hydrogens (tertiary/aromatic N) is 2. The minimum absolute atomic E-state index is 0.0842. The van der Waals surface area contributed by atoms with Crippen molar-refractivity contribution in [2.45, 2.75) is 25.2 Å². The summed E-state index contributed by atoms with van der Waals surface area (Å²) < 4.78 is 6.70. The van der Waals surface area contributed by atoms with Crippen molar-refractivity contribution in [2.75, 3.05) is 25.1 Å². The Morgan fingerprint density at radius 3 is 2.77 bits per heavy atom. The van der Waals surface area contributed by atoms with Gasteiger partial charge in [0.15, 0.2) is 0 Å². The van der Waals surface area contributed by atoms with Crippen LogP contribution in [-0.4, -0.2) is 29.7 Å². The predicted octanol–water partition coefficient (Wildman–Crippen LogP) is 3.71. The summed E-state index contributed by atoms with van der Waals surface area (Å²) in [6, 6.07) is 10.6. The van der Waals surface area contributed by atoms with Crippen molar-refractivity contribution in [1.29, 1.82) is 0 Å². The Morgan fingerprint density at radius 2 is 2.05 bits per heavy atom. The molecular weight excluding hydrogens is 342 g/mol. The molecule has 3 rings (SSSR count). The first-order valence-corrected chi connectivity index (χ1v) is 8.34. The zero-order valence-electron chi connectivity index (χ0n) is 12.7. The van der Waals surface area contributed by atoms with Gasteiger partial charge in [-0.05, 0) is 37.5 Å². The van der Waals surface area contributed by atoms with Gasteiger partial charge in [0, 0.05) is 41.4 Å². The molecule has 2 aromatic rings. The molecule has 0 unspecified atom stereocenters. The minimum Gasteiger partial charge on any atom is -0.381 e. The lowest BCUT2D eigenvalue weighted by Gasteiger charge is -2.38. The maximum Gasteiger partial charge on any atom is 0.129 e. The van der Waals surface area contributed by atoms with Crippen molar-refractivity contribution < 1.29 is 4.74 Å². The number of hydrogen-bond donors (Lipinski definition) is 1. The topological polar surface area (TPSA) is 47.0 Å². The fourth-order valence-corrected chi connectivity index (χ4v) is 3.36. The molecule has 2 heterocycles. The van der Waals surface area contributed by atoms with Crippen molar-refractivity contribution in [2.24, 2.45) is 0 Å². The summed E-state index contributed by atoms with van der Waals surface area (Å²) in [5.74, 6) is 0.883. The second kappa shape index (κ2) is 6.75. The number of aromatic nitrogens is 2. The third-order valence-electron chi connectivity index (χ3n) is 4.30. The van der Waals surface area contributed by atoms with E-state index in [0.29, 0.717) is 0 Å². The van der Waals surface area contributed by atoms with Gasteiger partial charge in [-0.1, -0.05) is 28.1 Å². The van der Waals surface area contributed by atoms with Gasteiger partial charge in [-0.15, -0.1) is 0 Å². The molecular formula is C17H20BrN3O. The number of aryl methyl sites for hydroxylation is 1. The highest BCUT2D eigenvalue weighted by Gasteiger charge is 2.34. The van der Waals surface area contributed by atoms with Crippen molar-refractivity contribution in [3.63, 3.8) is 0 Å². The van der Waals surface area contributed by atoms with Crippen molar-refractivity contribution in [1.82, 2.24) is 9.97 Å². The Hall–Kier alpha value is -1.46. The average molecular weight is 362 g/mol. The summed E-state index contributed by atoms with van der Waals surface area (Å²) in [7, 11) is 0. The molecule has 5 heteroatoms. The van der Waals surface area contributed by atoms with Gasteiger partial charge in [-0.3, -0.25) is 0 Å². The largest absolute Gasteiger partial charge is 0.381 e. The summed E-state index contributed by atoms with van der Waals surface area (Å²) in [5, 5.41) is 3.49. The lowest BCUT2D eigenvalue weighted by atomic mass is 9.74. The number of ether oxygens (including phenoxy) is 1. The van der Waals surface area contributed by atoms with E-state index in [1.807, 2.05) is 13.0 Å². The van der Waals surface area contributed by atoms with E-state index >= 15 is 0 Å². The van der Waals surface area contributed by atoms with Gasteiger partial charge in [-0.2, -0.15) is 0 Å². The lowest BCUT2D eigenvalue weighted by molar-refractivity contribution is 0.0543. The average Bonchev–Trinajstić information content (AvgIpc) is 2.54. The van der Waals surface area contributed by atoms with Gasteiger partial charge in [0.2, 0.25) is 0 Å². The van der Waals surface area contributed by atoms with Crippen molar-refractivity contribution in [3.05, 3.63) is 52.4 Å². The molecule has 22 heavy (non-hydrogen) atoms. The normalized spacial score (nSPS) is 17.2. The number of halogens is 1. The number of anilines is 1. The Morgan fingerprint density at radius 1 is 1.23 bits per heavy atom. The van der Waals surface area contributed by atoms with Gasteiger partial charge in [-0.25, -0.2) is 9.97 Å². The molecule has 1 aliphatic heterocycles. The molecule has 1 aromatic carbocycles. The predicted molar refractivity (Wildman–Crippen MR) is 91.1 cm³/mol. The van der Waals surface area contributed by atoms with E-state index in [4.69, 9.17) is 4.74 Å². The summed E-state index contributed by atoms with van der Waals surface area (Å²) in [5.41, 5.74) is 2.41. The smallest absolute Gasteiger partial charge is 0.129 e. The highest BCUT2D eigenvalue weighted by Crippen LogP contribution is 2.36. The SMILES string of the molecule is Cc1cc(NCC2(c3cccc(Br)c3)CCOCC2)ncn1. The molecule has 0 radical (unpaired) electrons. The fourth-order valence-electron chi connectivity index (χ4n) is 2.96. The molecule has 0 spiro atoms. The summed E-state index contributed by atoms with van der Waals surface area (Å²) in [6.45, 7) is 4.43. The van der Waals surface area contributed by atoms with Crippen LogP contribution in [0.25, 0.3) is 0 Å². The zero-order chi connectivity index (χ0) is 15.4. The van der Waals surface area contributed by atoms with Gasteiger partial charge in [0.25, 0.3) is 0 Å². The molecule has 1 N–H and O–H groups in total. The first kappa shape index (κ1) is 15.4. The van der Waals surface area contributed by atoms with E-state index in [1.54, 1.807) is 6.33 Å². The quantitative estimate of drug-likeness (QED) is 0.901. The van der Waals surface area contributed by atoms with Crippen LogP contribution >= 0.6 is 15.9 Å². The molecule has 0 aliphatic carbocycles. The van der Waals surface area contributed by atoms with E-state index in [9.17, 15) is 0 Å². The highest BCUT2D eigenvalue weighted by atomic mass is 79.9. The maximum atomic E-state index is 5.58. The van der Waals surface area contributed by atoms with Crippen molar-refractivity contribution >= 4 is 21.7 Å². The van der Waals surface area contributed by atoms with E-state index in [1.165, 1.54) is 5.56 Å². The standard InChI is InChI=1S/C17H20BrN3O/c1-13-9-16(21-12-20-13)19-11-17(5-7-22-8-6-17)14-3-2-4-15(18)10-14/h2-4,9-10,12H,5-8,11H2,1H3,(H,19,20,21). The highest BCUT2D eigenvalue weighted by molar-refractivity contribution is 9.10. The zero-order valence-corrected chi connectivity index (χ0v) is 14.3. The van der Waals surface area contributed by atoms with Crippen LogP contribution in [-0.2, 0) is 10.2 Å². The molecule has 116 valence electrons. The molecule has 0 bridgehead atoms. The Bertz CT molecular complexity index is 641. The summed E-state index contributed by atoms with van der Waals surface area (Å²) in [4.78, 5) is 8.45. The van der Waals surface area contributed by atoms with Gasteiger partial charge >= 0.3 is 0 Å².